The van der Waals surface area contributed by atoms with Crippen LogP contribution in [0.3, 0.4) is 0 Å². The summed E-state index contributed by atoms with van der Waals surface area (Å²) in [5.74, 6) is 4.73. The van der Waals surface area contributed by atoms with Crippen LogP contribution < -0.4 is 0 Å². The topological polar surface area (TPSA) is 37.3 Å². The van der Waals surface area contributed by atoms with E-state index >= 15 is 0 Å². The number of rotatable bonds is 2. The zero-order valence-electron chi connectivity index (χ0n) is 14.3. The molecule has 8 atom stereocenters. The van der Waals surface area contributed by atoms with Crippen molar-refractivity contribution in [1.29, 1.82) is 0 Å². The maximum Gasteiger partial charge on any atom is 0.155 e. The van der Waals surface area contributed by atoms with Gasteiger partial charge in [0.1, 0.15) is 0 Å². The number of allylic oxidation sites excluding steroid dienone is 2. The van der Waals surface area contributed by atoms with Gasteiger partial charge in [-0.15, -0.1) is 6.58 Å². The van der Waals surface area contributed by atoms with Gasteiger partial charge in [-0.1, -0.05) is 25.0 Å². The lowest BCUT2D eigenvalue weighted by Gasteiger charge is -2.55. The molecule has 0 saturated heterocycles. The molecule has 0 bridgehead atoms. The number of aliphatic hydroxyl groups is 1. The Morgan fingerprint density at radius 3 is 2.83 bits per heavy atom. The van der Waals surface area contributed by atoms with E-state index < -0.39 is 0 Å². The predicted molar refractivity (Wildman–Crippen MR) is 91.7 cm³/mol. The summed E-state index contributed by atoms with van der Waals surface area (Å²) in [4.78, 5) is 11.9. The first-order chi connectivity index (χ1) is 11.1. The molecule has 0 radical (unpaired) electrons. The maximum absolute atomic E-state index is 11.9. The van der Waals surface area contributed by atoms with Gasteiger partial charge in [0, 0.05) is 6.42 Å². The molecule has 2 heteroatoms. The number of hydrogen-bond donors (Lipinski definition) is 1. The molecule has 126 valence electrons. The van der Waals surface area contributed by atoms with Gasteiger partial charge in [0.2, 0.25) is 0 Å². The highest BCUT2D eigenvalue weighted by Crippen LogP contribution is 2.61. The lowest BCUT2D eigenvalue weighted by Crippen LogP contribution is -2.50. The lowest BCUT2D eigenvalue weighted by atomic mass is 9.49. The highest BCUT2D eigenvalue weighted by Gasteiger charge is 2.55. The molecule has 0 spiro atoms. The van der Waals surface area contributed by atoms with E-state index in [4.69, 9.17) is 0 Å². The van der Waals surface area contributed by atoms with Crippen LogP contribution in [-0.2, 0) is 4.79 Å². The van der Waals surface area contributed by atoms with Gasteiger partial charge in [-0.25, -0.2) is 0 Å². The van der Waals surface area contributed by atoms with Crippen molar-refractivity contribution in [2.75, 3.05) is 0 Å². The normalized spacial score (nSPS) is 49.0. The minimum atomic E-state index is -0.0919. The fourth-order valence-corrected chi connectivity index (χ4v) is 6.79. The van der Waals surface area contributed by atoms with Gasteiger partial charge in [0.15, 0.2) is 5.78 Å². The first kappa shape index (κ1) is 15.6. The van der Waals surface area contributed by atoms with Crippen molar-refractivity contribution in [3.05, 3.63) is 24.3 Å². The zero-order valence-corrected chi connectivity index (χ0v) is 14.3. The van der Waals surface area contributed by atoms with Crippen molar-refractivity contribution >= 4 is 5.78 Å². The van der Waals surface area contributed by atoms with E-state index in [-0.39, 0.29) is 6.10 Å². The molecule has 2 nitrogen and oxygen atoms in total. The van der Waals surface area contributed by atoms with Gasteiger partial charge in [-0.3, -0.25) is 4.79 Å². The van der Waals surface area contributed by atoms with Crippen LogP contribution in [0.5, 0.6) is 0 Å². The molecule has 0 heterocycles. The van der Waals surface area contributed by atoms with E-state index in [9.17, 15) is 9.90 Å². The van der Waals surface area contributed by atoms with E-state index in [0.717, 1.165) is 38.0 Å². The second-order valence-corrected chi connectivity index (χ2v) is 8.47. The molecular formula is C21H30O2. The van der Waals surface area contributed by atoms with E-state index in [1.54, 1.807) is 0 Å². The maximum atomic E-state index is 11.9. The molecule has 0 aromatic rings. The Labute approximate surface area is 140 Å². The molecule has 1 N–H and O–H groups in total. The summed E-state index contributed by atoms with van der Waals surface area (Å²) >= 11 is 0. The quantitative estimate of drug-likeness (QED) is 0.778. The van der Waals surface area contributed by atoms with Gasteiger partial charge < -0.3 is 5.11 Å². The van der Waals surface area contributed by atoms with Crippen LogP contribution >= 0.6 is 0 Å². The first-order valence-electron chi connectivity index (χ1n) is 9.68. The summed E-state index contributed by atoms with van der Waals surface area (Å²) in [6, 6.07) is 0. The molecule has 0 aromatic heterocycles. The smallest absolute Gasteiger partial charge is 0.155 e. The Hall–Kier alpha value is -0.890. The largest absolute Gasteiger partial charge is 0.393 e. The van der Waals surface area contributed by atoms with Crippen molar-refractivity contribution in [3.8, 4) is 0 Å². The fourth-order valence-electron chi connectivity index (χ4n) is 6.79. The monoisotopic (exact) mass is 314 g/mol. The van der Waals surface area contributed by atoms with Crippen molar-refractivity contribution in [3.63, 3.8) is 0 Å². The van der Waals surface area contributed by atoms with E-state index in [2.05, 4.69) is 19.6 Å². The Balaban J connectivity index is 1.74. The molecule has 0 amide bonds. The summed E-state index contributed by atoms with van der Waals surface area (Å²) in [5.41, 5.74) is 1.44. The Kier molecular flexibility index (Phi) is 3.99. The van der Waals surface area contributed by atoms with E-state index in [1.807, 2.05) is 6.08 Å². The molecule has 3 saturated carbocycles. The minimum Gasteiger partial charge on any atom is -0.393 e. The molecular weight excluding hydrogens is 284 g/mol. The van der Waals surface area contributed by atoms with Crippen LogP contribution in [0.2, 0.25) is 0 Å². The van der Waals surface area contributed by atoms with Crippen molar-refractivity contribution in [2.45, 2.75) is 58.0 Å². The van der Waals surface area contributed by atoms with Crippen LogP contribution in [0.25, 0.3) is 0 Å². The fraction of sp³-hybridized carbons (Fsp3) is 0.762. The van der Waals surface area contributed by atoms with Crippen molar-refractivity contribution in [1.82, 2.24) is 0 Å². The SMILES string of the molecule is C=C[C@H]1CC2[C@@H](CC[C@@H]2O)C2[C@H](CC)CC3=CC(=O)CC[C@@H]3[C@H]21. The molecule has 3 fully saturated rings. The van der Waals surface area contributed by atoms with Crippen LogP contribution in [0, 0.1) is 41.4 Å². The van der Waals surface area contributed by atoms with Crippen LogP contribution in [0.4, 0.5) is 0 Å². The Morgan fingerprint density at radius 2 is 2.09 bits per heavy atom. The molecule has 23 heavy (non-hydrogen) atoms. The second-order valence-electron chi connectivity index (χ2n) is 8.47. The third-order valence-electron chi connectivity index (χ3n) is 7.68. The predicted octanol–water partition coefficient (Wildman–Crippen LogP) is 4.15. The third-order valence-corrected chi connectivity index (χ3v) is 7.68. The summed E-state index contributed by atoms with van der Waals surface area (Å²) < 4.78 is 0. The Morgan fingerprint density at radius 1 is 1.26 bits per heavy atom. The number of carbonyl (C=O) groups excluding carboxylic acids is 1. The van der Waals surface area contributed by atoms with Gasteiger partial charge >= 0.3 is 0 Å². The molecule has 4 aliphatic carbocycles. The average Bonchev–Trinajstić information content (AvgIpc) is 2.93. The zero-order chi connectivity index (χ0) is 16.1. The second kappa shape index (κ2) is 5.88. The standard InChI is InChI=1S/C21H30O2/c1-3-12-9-14-10-15(22)5-6-16(14)20-13(4-2)11-18-17(21(12)20)7-8-19(18)23/h4,10,12-13,16-21,23H,2-3,5-9,11H2,1H3/t12-,13+,16+,17-,18?,19+,20-,21?/m1/s1. The highest BCUT2D eigenvalue weighted by molar-refractivity contribution is 5.91. The first-order valence-corrected chi connectivity index (χ1v) is 9.68. The van der Waals surface area contributed by atoms with E-state index in [0.29, 0.717) is 41.3 Å². The molecule has 4 rings (SSSR count). The number of carbonyl (C=O) groups is 1. The van der Waals surface area contributed by atoms with Gasteiger partial charge in [-0.2, -0.15) is 0 Å². The molecule has 4 aliphatic rings. The summed E-state index contributed by atoms with van der Waals surface area (Å²) in [6.45, 7) is 6.46. The number of hydrogen-bond acceptors (Lipinski definition) is 2. The summed E-state index contributed by atoms with van der Waals surface area (Å²) in [5, 5.41) is 10.5. The number of ketones is 1. The molecule has 0 aliphatic heterocycles. The van der Waals surface area contributed by atoms with Crippen LogP contribution in [0.1, 0.15) is 51.9 Å². The molecule has 0 aromatic carbocycles. The van der Waals surface area contributed by atoms with Crippen LogP contribution in [0.15, 0.2) is 24.3 Å². The van der Waals surface area contributed by atoms with Gasteiger partial charge in [0.05, 0.1) is 6.10 Å². The molecule has 2 unspecified atom stereocenters. The van der Waals surface area contributed by atoms with E-state index in [1.165, 1.54) is 18.4 Å². The van der Waals surface area contributed by atoms with Crippen molar-refractivity contribution in [2.24, 2.45) is 41.4 Å². The number of aliphatic hydroxyl groups excluding tert-OH is 1. The van der Waals surface area contributed by atoms with Crippen molar-refractivity contribution < 1.29 is 9.90 Å². The Bertz CT molecular complexity index is 534. The highest BCUT2D eigenvalue weighted by atomic mass is 16.3. The summed E-state index contributed by atoms with van der Waals surface area (Å²) in [7, 11) is 0. The third kappa shape index (κ3) is 2.36. The van der Waals surface area contributed by atoms with Gasteiger partial charge in [-0.05, 0) is 79.6 Å². The minimum absolute atomic E-state index is 0.0919. The lowest BCUT2D eigenvalue weighted by molar-refractivity contribution is -0.116. The number of fused-ring (bicyclic) bond motifs is 5. The van der Waals surface area contributed by atoms with Gasteiger partial charge in [0.25, 0.3) is 0 Å². The average molecular weight is 314 g/mol. The summed E-state index contributed by atoms with van der Waals surface area (Å²) in [6.07, 6.45) is 11.5. The van der Waals surface area contributed by atoms with Crippen LogP contribution in [-0.4, -0.2) is 17.0 Å².